The van der Waals surface area contributed by atoms with Crippen molar-refractivity contribution in [3.05, 3.63) is 64.7 Å². The molecule has 2 amide bonds. The lowest BCUT2D eigenvalue weighted by molar-refractivity contribution is -0.163. The molecule has 2 N–H and O–H groups in total. The molecule has 0 radical (unpaired) electrons. The highest BCUT2D eigenvalue weighted by molar-refractivity contribution is 6.31. The molecule has 3 unspecified atom stereocenters. The Morgan fingerprint density at radius 2 is 1.71 bits per heavy atom. The SMILES string of the molecule is O=C(Nc1ccc(C2(C(=O)NC3C4C(C(F)(F)F)[C@H]34)CCC2)cc1)c1cccc(Cl)c1. The van der Waals surface area contributed by atoms with E-state index in [1.807, 2.05) is 0 Å². The van der Waals surface area contributed by atoms with Gasteiger partial charge in [0.05, 0.1) is 11.3 Å². The zero-order chi connectivity index (χ0) is 22.0. The van der Waals surface area contributed by atoms with E-state index in [1.165, 1.54) is 0 Å². The smallest absolute Gasteiger partial charge is 0.352 e. The van der Waals surface area contributed by atoms with E-state index in [2.05, 4.69) is 10.6 Å². The van der Waals surface area contributed by atoms with Gasteiger partial charge in [-0.25, -0.2) is 0 Å². The third kappa shape index (κ3) is 3.49. The molecule has 0 bridgehead atoms. The first-order valence-electron chi connectivity index (χ1n) is 10.3. The van der Waals surface area contributed by atoms with E-state index in [0.29, 0.717) is 29.1 Å². The Balaban J connectivity index is 1.23. The molecule has 4 atom stereocenters. The average Bonchev–Trinajstić information content (AvgIpc) is 3.57. The minimum absolute atomic E-state index is 0.187. The van der Waals surface area contributed by atoms with Gasteiger partial charge in [-0.1, -0.05) is 36.2 Å². The highest BCUT2D eigenvalue weighted by Gasteiger charge is 2.82. The number of amides is 2. The van der Waals surface area contributed by atoms with Gasteiger partial charge in [0.25, 0.3) is 5.91 Å². The summed E-state index contributed by atoms with van der Waals surface area (Å²) in [4.78, 5) is 25.3. The van der Waals surface area contributed by atoms with Gasteiger partial charge in [-0.3, -0.25) is 9.59 Å². The molecule has 0 heterocycles. The van der Waals surface area contributed by atoms with E-state index in [1.54, 1.807) is 48.5 Å². The Morgan fingerprint density at radius 3 is 2.26 bits per heavy atom. The molecule has 5 rings (SSSR count). The van der Waals surface area contributed by atoms with Gasteiger partial charge in [-0.15, -0.1) is 0 Å². The van der Waals surface area contributed by atoms with Crippen LogP contribution in [-0.2, 0) is 10.2 Å². The van der Waals surface area contributed by atoms with Crippen molar-refractivity contribution in [3.63, 3.8) is 0 Å². The van der Waals surface area contributed by atoms with Crippen LogP contribution >= 0.6 is 11.6 Å². The molecule has 31 heavy (non-hydrogen) atoms. The van der Waals surface area contributed by atoms with Crippen molar-refractivity contribution >= 4 is 29.1 Å². The second kappa shape index (κ2) is 6.99. The lowest BCUT2D eigenvalue weighted by Crippen LogP contribution is -2.51. The van der Waals surface area contributed by atoms with E-state index in [9.17, 15) is 22.8 Å². The second-order valence-corrected chi connectivity index (χ2v) is 9.14. The molecule has 3 saturated carbocycles. The van der Waals surface area contributed by atoms with E-state index in [4.69, 9.17) is 11.6 Å². The Hall–Kier alpha value is -2.54. The van der Waals surface area contributed by atoms with Gasteiger partial charge in [-0.2, -0.15) is 13.2 Å². The van der Waals surface area contributed by atoms with Gasteiger partial charge in [0.15, 0.2) is 0 Å². The highest BCUT2D eigenvalue weighted by atomic mass is 35.5. The van der Waals surface area contributed by atoms with Gasteiger partial charge in [0, 0.05) is 22.3 Å². The number of rotatable bonds is 5. The second-order valence-electron chi connectivity index (χ2n) is 8.70. The lowest BCUT2D eigenvalue weighted by atomic mass is 9.63. The van der Waals surface area contributed by atoms with Crippen LogP contribution in [-0.4, -0.2) is 24.0 Å². The summed E-state index contributed by atoms with van der Waals surface area (Å²) in [6.07, 6.45) is -1.94. The number of carbonyl (C=O) groups excluding carboxylic acids is 2. The van der Waals surface area contributed by atoms with E-state index in [0.717, 1.165) is 12.0 Å². The maximum absolute atomic E-state index is 12.9. The number of nitrogens with one attached hydrogen (secondary N) is 2. The van der Waals surface area contributed by atoms with Crippen LogP contribution in [0.5, 0.6) is 0 Å². The largest absolute Gasteiger partial charge is 0.392 e. The van der Waals surface area contributed by atoms with Crippen LogP contribution < -0.4 is 10.6 Å². The van der Waals surface area contributed by atoms with Crippen molar-refractivity contribution in [2.75, 3.05) is 5.32 Å². The minimum Gasteiger partial charge on any atom is -0.352 e. The van der Waals surface area contributed by atoms with Crippen molar-refractivity contribution < 1.29 is 22.8 Å². The van der Waals surface area contributed by atoms with Crippen molar-refractivity contribution in [1.82, 2.24) is 5.32 Å². The molecule has 162 valence electrons. The van der Waals surface area contributed by atoms with E-state index < -0.39 is 29.3 Å². The fourth-order valence-electron chi connectivity index (χ4n) is 4.82. The third-order valence-corrected chi connectivity index (χ3v) is 7.16. The number of hydrogen-bond acceptors (Lipinski definition) is 2. The fraction of sp³-hybridized carbons (Fsp3) is 0.391. The van der Waals surface area contributed by atoms with E-state index in [-0.39, 0.29) is 17.9 Å². The van der Waals surface area contributed by atoms with Crippen LogP contribution in [0, 0.1) is 17.8 Å². The number of fused-ring (bicyclic) bond motifs is 1. The van der Waals surface area contributed by atoms with Crippen LogP contribution in [0.4, 0.5) is 18.9 Å². The van der Waals surface area contributed by atoms with Gasteiger partial charge < -0.3 is 10.6 Å². The van der Waals surface area contributed by atoms with Crippen LogP contribution in [0.2, 0.25) is 5.02 Å². The number of benzene rings is 2. The van der Waals surface area contributed by atoms with Crippen LogP contribution in [0.3, 0.4) is 0 Å². The lowest BCUT2D eigenvalue weighted by Gasteiger charge is -2.41. The molecular weight excluding hydrogens is 429 g/mol. The zero-order valence-corrected chi connectivity index (χ0v) is 17.1. The maximum atomic E-state index is 12.9. The summed E-state index contributed by atoms with van der Waals surface area (Å²) < 4.78 is 38.1. The molecular formula is C23H20ClF3N2O2. The minimum atomic E-state index is -4.16. The van der Waals surface area contributed by atoms with Gasteiger partial charge >= 0.3 is 6.18 Å². The first-order chi connectivity index (χ1) is 14.7. The monoisotopic (exact) mass is 448 g/mol. The number of hydrogen-bond donors (Lipinski definition) is 2. The number of halogens is 4. The summed E-state index contributed by atoms with van der Waals surface area (Å²) in [6.45, 7) is 0. The van der Waals surface area contributed by atoms with Crippen molar-refractivity contribution in [2.45, 2.75) is 36.9 Å². The fourth-order valence-corrected chi connectivity index (χ4v) is 5.01. The van der Waals surface area contributed by atoms with Crippen molar-refractivity contribution in [2.24, 2.45) is 17.8 Å². The van der Waals surface area contributed by atoms with Gasteiger partial charge in [0.1, 0.15) is 0 Å². The highest BCUT2D eigenvalue weighted by Crippen LogP contribution is 2.73. The van der Waals surface area contributed by atoms with Crippen molar-refractivity contribution in [1.29, 1.82) is 0 Å². The molecule has 3 fully saturated rings. The summed E-state index contributed by atoms with van der Waals surface area (Å²) >= 11 is 5.92. The maximum Gasteiger partial charge on any atom is 0.392 e. The van der Waals surface area contributed by atoms with Crippen LogP contribution in [0.25, 0.3) is 0 Å². The summed E-state index contributed by atoms with van der Waals surface area (Å²) in [5.41, 5.74) is 1.14. The average molecular weight is 449 g/mol. The molecule has 0 aliphatic heterocycles. The predicted octanol–water partition coefficient (Wildman–Crippen LogP) is 4.94. The van der Waals surface area contributed by atoms with Crippen LogP contribution in [0.15, 0.2) is 48.5 Å². The number of carbonyl (C=O) groups is 2. The molecule has 0 saturated heterocycles. The summed E-state index contributed by atoms with van der Waals surface area (Å²) in [7, 11) is 0. The molecule has 8 heteroatoms. The molecule has 3 aliphatic carbocycles. The Kier molecular flexibility index (Phi) is 4.59. The Labute approximate surface area is 182 Å². The normalized spacial score (nSPS) is 27.5. The molecule has 0 aromatic heterocycles. The molecule has 2 aromatic rings. The van der Waals surface area contributed by atoms with E-state index >= 15 is 0 Å². The summed E-state index contributed by atoms with van der Waals surface area (Å²) in [5, 5.41) is 6.11. The first kappa shape index (κ1) is 20.4. The molecule has 2 aromatic carbocycles. The van der Waals surface area contributed by atoms with Gasteiger partial charge in [0.2, 0.25) is 5.91 Å². The first-order valence-corrected chi connectivity index (χ1v) is 10.6. The molecule has 4 nitrogen and oxygen atoms in total. The standard InChI is InChI=1S/C23H20ClF3N2O2/c24-14-4-1-3-12(11-14)20(30)28-15-7-5-13(6-8-15)22(9-2-10-22)21(31)29-19-16-17(19)18(16)23(25,26)27/h1,3-8,11,16-19H,2,9-10H2,(H,28,30)(H,29,31)/t16-,17?,18?,19?/m1/s1. The zero-order valence-electron chi connectivity index (χ0n) is 16.4. The topological polar surface area (TPSA) is 58.2 Å². The Bertz CT molecular complexity index is 1040. The van der Waals surface area contributed by atoms with Gasteiger partial charge in [-0.05, 0) is 60.6 Å². The third-order valence-electron chi connectivity index (χ3n) is 6.92. The summed E-state index contributed by atoms with van der Waals surface area (Å²) in [5.74, 6) is -2.60. The number of alkyl halides is 3. The summed E-state index contributed by atoms with van der Waals surface area (Å²) in [6, 6.07) is 13.4. The van der Waals surface area contributed by atoms with Crippen molar-refractivity contribution in [3.8, 4) is 0 Å². The predicted molar refractivity (Wildman–Crippen MR) is 110 cm³/mol. The quantitative estimate of drug-likeness (QED) is 0.681. The van der Waals surface area contributed by atoms with Crippen LogP contribution in [0.1, 0.15) is 35.2 Å². The molecule has 0 spiro atoms. The molecule has 3 aliphatic rings. The number of anilines is 1. The Morgan fingerprint density at radius 1 is 1.03 bits per heavy atom.